The van der Waals surface area contributed by atoms with E-state index in [2.05, 4.69) is 0 Å². The molecule has 0 aromatic carbocycles. The predicted molar refractivity (Wildman–Crippen MR) is 32.8 cm³/mol. The van der Waals surface area contributed by atoms with Crippen LogP contribution in [-0.2, 0) is 15.8 Å². The summed E-state index contributed by atoms with van der Waals surface area (Å²) in [6, 6.07) is 0. The zero-order valence-corrected chi connectivity index (χ0v) is 8.86. The summed E-state index contributed by atoms with van der Waals surface area (Å²) in [6.07, 6.45) is 1.33. The van der Waals surface area contributed by atoms with E-state index in [9.17, 15) is 8.76 Å². The zero-order valence-electron chi connectivity index (χ0n) is 6.04. The van der Waals surface area contributed by atoms with Crippen LogP contribution in [-0.4, -0.2) is 27.2 Å². The molecule has 1 saturated heterocycles. The van der Waals surface area contributed by atoms with Crippen molar-refractivity contribution in [1.29, 1.82) is 0 Å². The van der Waals surface area contributed by atoms with Gasteiger partial charge in [0.25, 0.3) is 0 Å². The van der Waals surface area contributed by atoms with Gasteiger partial charge in [0.1, 0.15) is 0 Å². The fourth-order valence-corrected chi connectivity index (χ4v) is 1.45. The van der Waals surface area contributed by atoms with E-state index in [0.29, 0.717) is 26.1 Å². The Labute approximate surface area is 85.1 Å². The monoisotopic (exact) mass is 172 g/mol. The van der Waals surface area contributed by atoms with Crippen LogP contribution in [0.3, 0.4) is 0 Å². The van der Waals surface area contributed by atoms with Crippen LogP contribution >= 0.6 is 0 Å². The van der Waals surface area contributed by atoms with E-state index >= 15 is 0 Å². The molecule has 0 bridgehead atoms. The average Bonchev–Trinajstić information content (AvgIpc) is 1.90. The minimum absolute atomic E-state index is 0. The summed E-state index contributed by atoms with van der Waals surface area (Å²) in [4.78, 5) is 0. The molecular formula is C5H9NaO3S. The summed E-state index contributed by atoms with van der Waals surface area (Å²) in [5.41, 5.74) is 0. The van der Waals surface area contributed by atoms with Gasteiger partial charge in [0.05, 0.1) is 0 Å². The first-order valence-electron chi connectivity index (χ1n) is 2.96. The van der Waals surface area contributed by atoms with Crippen LogP contribution < -0.4 is 29.6 Å². The van der Waals surface area contributed by atoms with Gasteiger partial charge >= 0.3 is 29.6 Å². The summed E-state index contributed by atoms with van der Waals surface area (Å²) >= 11 is -1.88. The molecule has 1 atom stereocenters. The fourth-order valence-electron chi connectivity index (χ4n) is 0.868. The molecule has 0 aliphatic carbocycles. The third kappa shape index (κ3) is 3.46. The first-order chi connectivity index (χ1) is 4.30. The maximum Gasteiger partial charge on any atom is 1.00 e. The minimum Gasteiger partial charge on any atom is -0.772 e. The fraction of sp³-hybridized carbons (Fsp3) is 1.00. The normalized spacial score (nSPS) is 23.3. The van der Waals surface area contributed by atoms with Crippen LogP contribution in [0.25, 0.3) is 0 Å². The molecule has 1 aliphatic rings. The van der Waals surface area contributed by atoms with Crippen LogP contribution in [0.5, 0.6) is 0 Å². The smallest absolute Gasteiger partial charge is 0.772 e. The van der Waals surface area contributed by atoms with Crippen molar-refractivity contribution in [2.75, 3.05) is 13.2 Å². The Morgan fingerprint density at radius 1 is 1.40 bits per heavy atom. The summed E-state index contributed by atoms with van der Waals surface area (Å²) in [5.74, 6) is 0. The predicted octanol–water partition coefficient (Wildman–Crippen LogP) is -2.95. The Morgan fingerprint density at radius 2 is 1.90 bits per heavy atom. The summed E-state index contributed by atoms with van der Waals surface area (Å²) in [5, 5.41) is -0.154. The molecule has 0 N–H and O–H groups in total. The van der Waals surface area contributed by atoms with Crippen LogP contribution in [0.15, 0.2) is 0 Å². The third-order valence-electron chi connectivity index (χ3n) is 1.44. The number of hydrogen-bond donors (Lipinski definition) is 0. The second kappa shape index (κ2) is 5.69. The van der Waals surface area contributed by atoms with E-state index in [4.69, 9.17) is 4.74 Å². The van der Waals surface area contributed by atoms with Crippen molar-refractivity contribution < 1.29 is 43.1 Å². The van der Waals surface area contributed by atoms with Crippen molar-refractivity contribution in [3.05, 3.63) is 0 Å². The van der Waals surface area contributed by atoms with Gasteiger partial charge in [-0.2, -0.15) is 0 Å². The van der Waals surface area contributed by atoms with Crippen LogP contribution in [0, 0.1) is 0 Å². The SMILES string of the molecule is O=S([O-])C1CCOCC1.[Na+]. The quantitative estimate of drug-likeness (QED) is 0.314. The van der Waals surface area contributed by atoms with Crippen molar-refractivity contribution in [2.24, 2.45) is 0 Å². The molecule has 0 spiro atoms. The van der Waals surface area contributed by atoms with Gasteiger partial charge in [-0.25, -0.2) is 0 Å². The van der Waals surface area contributed by atoms with Crippen molar-refractivity contribution >= 4 is 11.1 Å². The van der Waals surface area contributed by atoms with Crippen LogP contribution in [0.1, 0.15) is 12.8 Å². The Bertz CT molecular complexity index is 113. The zero-order chi connectivity index (χ0) is 6.69. The first kappa shape index (κ1) is 11.1. The van der Waals surface area contributed by atoms with Crippen LogP contribution in [0.2, 0.25) is 0 Å². The topological polar surface area (TPSA) is 49.4 Å². The second-order valence-electron chi connectivity index (χ2n) is 2.07. The molecule has 1 unspecified atom stereocenters. The molecule has 1 rings (SSSR count). The standard InChI is InChI=1S/C5H10O3S.Na/c6-9(7)5-1-3-8-4-2-5;/h5H,1-4H2,(H,6,7);/q;+1/p-1. The van der Waals surface area contributed by atoms with Gasteiger partial charge < -0.3 is 9.29 Å². The average molecular weight is 172 g/mol. The van der Waals surface area contributed by atoms with Gasteiger partial charge in [-0.15, -0.1) is 0 Å². The molecule has 0 radical (unpaired) electrons. The molecule has 1 fully saturated rings. The molecule has 54 valence electrons. The number of rotatable bonds is 1. The minimum atomic E-state index is -1.88. The van der Waals surface area contributed by atoms with Gasteiger partial charge in [0, 0.05) is 18.5 Å². The van der Waals surface area contributed by atoms with Gasteiger partial charge in [-0.1, -0.05) is 11.1 Å². The Balaban J connectivity index is 0.000000810. The Morgan fingerprint density at radius 3 is 2.20 bits per heavy atom. The number of ether oxygens (including phenoxy) is 1. The molecule has 1 heterocycles. The molecule has 5 heteroatoms. The molecule has 0 saturated carbocycles. The molecule has 0 aromatic rings. The van der Waals surface area contributed by atoms with E-state index < -0.39 is 11.1 Å². The number of hydrogen-bond acceptors (Lipinski definition) is 3. The molecule has 0 amide bonds. The second-order valence-corrected chi connectivity index (χ2v) is 3.26. The third-order valence-corrected chi connectivity index (χ3v) is 2.46. The molecule has 1 aliphatic heterocycles. The van der Waals surface area contributed by atoms with E-state index in [-0.39, 0.29) is 34.8 Å². The van der Waals surface area contributed by atoms with Gasteiger partial charge in [-0.05, 0) is 12.8 Å². The Hall–Kier alpha value is 1.07. The maximum atomic E-state index is 10.3. The van der Waals surface area contributed by atoms with Crippen molar-refractivity contribution in [1.82, 2.24) is 0 Å². The van der Waals surface area contributed by atoms with Crippen LogP contribution in [0.4, 0.5) is 0 Å². The first-order valence-corrected chi connectivity index (χ1v) is 4.10. The molecular weight excluding hydrogens is 163 g/mol. The van der Waals surface area contributed by atoms with Gasteiger partial charge in [-0.3, -0.25) is 4.21 Å². The molecule has 3 nitrogen and oxygen atoms in total. The Kier molecular flexibility index (Phi) is 6.29. The summed E-state index contributed by atoms with van der Waals surface area (Å²) < 4.78 is 25.6. The largest absolute Gasteiger partial charge is 1.00 e. The van der Waals surface area contributed by atoms with Gasteiger partial charge in [0.15, 0.2) is 0 Å². The summed E-state index contributed by atoms with van der Waals surface area (Å²) in [6.45, 7) is 1.19. The molecule has 0 aromatic heterocycles. The van der Waals surface area contributed by atoms with E-state index in [1.165, 1.54) is 0 Å². The van der Waals surface area contributed by atoms with Crippen molar-refractivity contribution in [3.8, 4) is 0 Å². The van der Waals surface area contributed by atoms with E-state index in [0.717, 1.165) is 0 Å². The van der Waals surface area contributed by atoms with Crippen molar-refractivity contribution in [2.45, 2.75) is 18.1 Å². The van der Waals surface area contributed by atoms with Gasteiger partial charge in [0.2, 0.25) is 0 Å². The molecule has 10 heavy (non-hydrogen) atoms. The van der Waals surface area contributed by atoms with E-state index in [1.807, 2.05) is 0 Å². The van der Waals surface area contributed by atoms with E-state index in [1.54, 1.807) is 0 Å². The van der Waals surface area contributed by atoms with Crippen molar-refractivity contribution in [3.63, 3.8) is 0 Å². The maximum absolute atomic E-state index is 10.3. The summed E-state index contributed by atoms with van der Waals surface area (Å²) in [7, 11) is 0.